The summed E-state index contributed by atoms with van der Waals surface area (Å²) in [6.07, 6.45) is 0.0490. The lowest BCUT2D eigenvalue weighted by Gasteiger charge is -2.31. The Balaban J connectivity index is 2.11. The smallest absolute Gasteiger partial charge is 0.326 e. The molecular weight excluding hydrogens is 461 g/mol. The largest absolute Gasteiger partial charge is 0.508 e. The second kappa shape index (κ2) is 10.3. The van der Waals surface area contributed by atoms with E-state index in [1.807, 2.05) is 32.9 Å². The summed E-state index contributed by atoms with van der Waals surface area (Å²) < 4.78 is 0. The predicted octanol–water partition coefficient (Wildman–Crippen LogP) is 5.96. The Labute approximate surface area is 203 Å². The van der Waals surface area contributed by atoms with Crippen molar-refractivity contribution < 1.29 is 19.8 Å². The van der Waals surface area contributed by atoms with Gasteiger partial charge in [-0.1, -0.05) is 59.1 Å². The van der Waals surface area contributed by atoms with Gasteiger partial charge < -0.3 is 15.1 Å². The van der Waals surface area contributed by atoms with Gasteiger partial charge in [0.15, 0.2) is 0 Å². The molecule has 0 unspecified atom stereocenters. The van der Waals surface area contributed by atoms with Crippen molar-refractivity contribution in [3.63, 3.8) is 0 Å². The number of nitrogens with zero attached hydrogens (tertiary/aromatic N) is 1. The molecule has 3 aromatic rings. The number of carbonyl (C=O) groups is 2. The first-order valence-corrected chi connectivity index (χ1v) is 11.2. The first-order chi connectivity index (χ1) is 15.6. The second-order valence-corrected chi connectivity index (χ2v) is 8.95. The number of hydrogen-bond acceptors (Lipinski definition) is 3. The number of rotatable bonds is 7. The zero-order valence-electron chi connectivity index (χ0n) is 18.6. The number of carbonyl (C=O) groups excluding carboxylic acids is 1. The molecule has 0 fully saturated rings. The highest BCUT2D eigenvalue weighted by atomic mass is 35.5. The number of carboxylic acids is 1. The first-order valence-electron chi connectivity index (χ1n) is 10.4. The minimum Gasteiger partial charge on any atom is -0.508 e. The van der Waals surface area contributed by atoms with Crippen LogP contribution in [0.5, 0.6) is 5.75 Å². The normalized spacial score (nSPS) is 11.8. The molecular formula is C26H25Cl2NO4. The lowest BCUT2D eigenvalue weighted by molar-refractivity contribution is -0.142. The summed E-state index contributed by atoms with van der Waals surface area (Å²) in [4.78, 5) is 27.6. The van der Waals surface area contributed by atoms with Crippen LogP contribution in [0.1, 0.15) is 38.2 Å². The lowest BCUT2D eigenvalue weighted by atomic mass is 9.96. The molecule has 3 rings (SSSR count). The van der Waals surface area contributed by atoms with Crippen LogP contribution in [0.15, 0.2) is 54.6 Å². The monoisotopic (exact) mass is 485 g/mol. The topological polar surface area (TPSA) is 77.8 Å². The number of aliphatic carboxylic acids is 1. The summed E-state index contributed by atoms with van der Waals surface area (Å²) in [5.74, 6) is -1.48. The number of aryl methyl sites for hydroxylation is 3. The van der Waals surface area contributed by atoms with E-state index in [-0.39, 0.29) is 18.7 Å². The molecule has 7 heteroatoms. The van der Waals surface area contributed by atoms with Gasteiger partial charge in [-0.15, -0.1) is 0 Å². The maximum atomic E-state index is 13.9. The average molecular weight is 486 g/mol. The Kier molecular flexibility index (Phi) is 7.67. The number of carboxylic acid groups (broad SMARTS) is 1. The highest BCUT2D eigenvalue weighted by Gasteiger charge is 2.33. The maximum absolute atomic E-state index is 13.9. The van der Waals surface area contributed by atoms with E-state index in [9.17, 15) is 19.8 Å². The number of phenolic OH excluding ortho intramolecular Hbond substituents is 1. The number of halogens is 2. The summed E-state index contributed by atoms with van der Waals surface area (Å²) in [6, 6.07) is 13.9. The zero-order valence-corrected chi connectivity index (χ0v) is 20.1. The van der Waals surface area contributed by atoms with E-state index in [4.69, 9.17) is 23.2 Å². The van der Waals surface area contributed by atoms with Crippen LogP contribution >= 0.6 is 23.2 Å². The molecule has 1 atom stereocenters. The molecule has 1 amide bonds. The van der Waals surface area contributed by atoms with Gasteiger partial charge in [-0.2, -0.15) is 0 Å². The van der Waals surface area contributed by atoms with Crippen LogP contribution in [-0.2, 0) is 17.8 Å². The van der Waals surface area contributed by atoms with E-state index >= 15 is 0 Å². The summed E-state index contributed by atoms with van der Waals surface area (Å²) in [5, 5.41) is 20.4. The third-order valence-corrected chi connectivity index (χ3v) is 6.28. The van der Waals surface area contributed by atoms with Gasteiger partial charge in [-0.05, 0) is 61.7 Å². The number of aromatic hydroxyl groups is 1. The molecule has 0 aliphatic rings. The number of phenols is 1. The van der Waals surface area contributed by atoms with Gasteiger partial charge in [0.1, 0.15) is 11.8 Å². The summed E-state index contributed by atoms with van der Waals surface area (Å²) >= 11 is 12.7. The number of benzene rings is 3. The van der Waals surface area contributed by atoms with Crippen LogP contribution in [0.2, 0.25) is 10.0 Å². The molecule has 3 aromatic carbocycles. The van der Waals surface area contributed by atoms with Crippen molar-refractivity contribution in [3.05, 3.63) is 98.0 Å². The Morgan fingerprint density at radius 1 is 0.939 bits per heavy atom. The van der Waals surface area contributed by atoms with Crippen molar-refractivity contribution in [2.24, 2.45) is 0 Å². The quantitative estimate of drug-likeness (QED) is 0.432. The fourth-order valence-corrected chi connectivity index (χ4v) is 4.54. The van der Waals surface area contributed by atoms with Gasteiger partial charge in [0.2, 0.25) is 0 Å². The molecule has 0 spiro atoms. The van der Waals surface area contributed by atoms with E-state index in [2.05, 4.69) is 0 Å². The van der Waals surface area contributed by atoms with Crippen molar-refractivity contribution in [3.8, 4) is 5.75 Å². The van der Waals surface area contributed by atoms with Gasteiger partial charge in [0, 0.05) is 34.1 Å². The fraction of sp³-hybridized carbons (Fsp3) is 0.231. The van der Waals surface area contributed by atoms with Crippen LogP contribution in [0, 0.1) is 20.8 Å². The number of amides is 1. The maximum Gasteiger partial charge on any atom is 0.326 e. The zero-order chi connectivity index (χ0) is 24.3. The van der Waals surface area contributed by atoms with E-state index in [0.29, 0.717) is 26.7 Å². The Morgan fingerprint density at radius 2 is 1.48 bits per heavy atom. The molecule has 0 bridgehead atoms. The Morgan fingerprint density at radius 3 is 2.00 bits per heavy atom. The van der Waals surface area contributed by atoms with Crippen molar-refractivity contribution in [2.75, 3.05) is 0 Å². The first kappa shape index (κ1) is 24.6. The van der Waals surface area contributed by atoms with Gasteiger partial charge in [0.05, 0.1) is 0 Å². The van der Waals surface area contributed by atoms with Crippen LogP contribution in [0.3, 0.4) is 0 Å². The van der Waals surface area contributed by atoms with Crippen LogP contribution in [0.4, 0.5) is 0 Å². The van der Waals surface area contributed by atoms with Crippen LogP contribution in [0.25, 0.3) is 0 Å². The third kappa shape index (κ3) is 5.67. The molecule has 5 nitrogen and oxygen atoms in total. The highest BCUT2D eigenvalue weighted by Crippen LogP contribution is 2.29. The van der Waals surface area contributed by atoms with Gasteiger partial charge in [-0.25, -0.2) is 4.79 Å². The molecule has 2 N–H and O–H groups in total. The van der Waals surface area contributed by atoms with Gasteiger partial charge >= 0.3 is 5.97 Å². The second-order valence-electron chi connectivity index (χ2n) is 8.13. The van der Waals surface area contributed by atoms with Crippen molar-refractivity contribution in [2.45, 2.75) is 39.8 Å². The van der Waals surface area contributed by atoms with Gasteiger partial charge in [0.25, 0.3) is 5.91 Å². The molecule has 0 aromatic heterocycles. The molecule has 0 aliphatic heterocycles. The average Bonchev–Trinajstić information content (AvgIpc) is 2.72. The fourth-order valence-electron chi connectivity index (χ4n) is 4.02. The van der Waals surface area contributed by atoms with E-state index in [1.165, 1.54) is 17.0 Å². The molecule has 0 radical (unpaired) electrons. The molecule has 0 saturated heterocycles. The van der Waals surface area contributed by atoms with E-state index in [1.54, 1.807) is 30.3 Å². The Bertz CT molecular complexity index is 1150. The molecule has 172 valence electrons. The predicted molar refractivity (Wildman–Crippen MR) is 130 cm³/mol. The third-order valence-electron chi connectivity index (χ3n) is 5.57. The number of hydrogen-bond donors (Lipinski definition) is 2. The van der Waals surface area contributed by atoms with Crippen molar-refractivity contribution in [1.82, 2.24) is 4.90 Å². The molecule has 0 saturated carbocycles. The van der Waals surface area contributed by atoms with Gasteiger partial charge in [-0.3, -0.25) is 4.79 Å². The lowest BCUT2D eigenvalue weighted by Crippen LogP contribution is -2.46. The summed E-state index contributed by atoms with van der Waals surface area (Å²) in [7, 11) is 0. The molecule has 0 heterocycles. The van der Waals surface area contributed by atoms with E-state index < -0.39 is 17.9 Å². The van der Waals surface area contributed by atoms with Crippen LogP contribution in [-0.4, -0.2) is 33.0 Å². The summed E-state index contributed by atoms with van der Waals surface area (Å²) in [6.45, 7) is 5.55. The summed E-state index contributed by atoms with van der Waals surface area (Å²) in [5.41, 5.74) is 4.15. The Hall–Kier alpha value is -3.02. The standard InChI is InChI=1S/C26H25Cl2NO4/c1-15-11-16(2)24(17(3)12-15)25(31)29(14-20-21(27)5-4-6-22(20)28)23(26(32)33)13-18-7-9-19(30)10-8-18/h4-12,23,30H,13-14H2,1-3H3,(H,32,33)/t23-/m0/s1. The minimum absolute atomic E-state index is 0.0490. The van der Waals surface area contributed by atoms with E-state index in [0.717, 1.165) is 16.7 Å². The minimum atomic E-state index is -1.19. The van der Waals surface area contributed by atoms with Crippen LogP contribution < -0.4 is 0 Å². The van der Waals surface area contributed by atoms with Crippen molar-refractivity contribution >= 4 is 35.1 Å². The SMILES string of the molecule is Cc1cc(C)c(C(=O)N(Cc2c(Cl)cccc2Cl)[C@@H](Cc2ccc(O)cc2)C(=O)O)c(C)c1. The van der Waals surface area contributed by atoms with Crippen molar-refractivity contribution in [1.29, 1.82) is 0 Å². The highest BCUT2D eigenvalue weighted by molar-refractivity contribution is 6.36. The molecule has 33 heavy (non-hydrogen) atoms. The molecule has 0 aliphatic carbocycles.